The molecule has 1 nitrogen and oxygen atoms in total. The fraction of sp³-hybridized carbons (Fsp3) is 0.333. The summed E-state index contributed by atoms with van der Waals surface area (Å²) in [6.07, 6.45) is 0. The number of hydrogen-bond acceptors (Lipinski definition) is 1. The van der Waals surface area contributed by atoms with Crippen LogP contribution in [-0.2, 0) is 5.54 Å². The summed E-state index contributed by atoms with van der Waals surface area (Å²) in [6.45, 7) is 2.94. The maximum atomic E-state index is 13.3. The molecule has 0 amide bonds. The highest BCUT2D eigenvalue weighted by molar-refractivity contribution is 9.10. The maximum absolute atomic E-state index is 13.3. The van der Waals surface area contributed by atoms with Crippen LogP contribution in [0.4, 0.5) is 13.2 Å². The Hall–Kier alpha value is -0.550. The van der Waals surface area contributed by atoms with E-state index in [0.717, 1.165) is 6.07 Å². The van der Waals surface area contributed by atoms with Gasteiger partial charge < -0.3 is 5.73 Å². The molecule has 1 aromatic carbocycles. The van der Waals surface area contributed by atoms with Crippen LogP contribution >= 0.6 is 15.9 Å². The van der Waals surface area contributed by atoms with Gasteiger partial charge in [0.15, 0.2) is 11.6 Å². The largest absolute Gasteiger partial charge is 0.322 e. The maximum Gasteiger partial charge on any atom is 0.176 e. The van der Waals surface area contributed by atoms with Gasteiger partial charge in [0.2, 0.25) is 0 Å². The van der Waals surface area contributed by atoms with Crippen LogP contribution in [0.3, 0.4) is 0 Å². The Morgan fingerprint density at radius 1 is 1.21 bits per heavy atom. The molecule has 0 atom stereocenters. The van der Waals surface area contributed by atoms with Crippen LogP contribution in [0.5, 0.6) is 0 Å². The second-order valence-electron chi connectivity index (χ2n) is 3.57. The first kappa shape index (κ1) is 11.5. The number of halogens is 4. The normalized spacial score (nSPS) is 11.9. The first-order chi connectivity index (χ1) is 6.25. The first-order valence-corrected chi connectivity index (χ1v) is 4.66. The average Bonchev–Trinajstić information content (AvgIpc) is 2.06. The topological polar surface area (TPSA) is 26.0 Å². The molecular formula is C9H9BrF3N. The predicted octanol–water partition coefficient (Wildman–Crippen LogP) is 3.06. The molecule has 5 heteroatoms. The molecule has 0 saturated carbocycles. The minimum atomic E-state index is -1.25. The monoisotopic (exact) mass is 267 g/mol. The Kier molecular flexibility index (Phi) is 2.92. The summed E-state index contributed by atoms with van der Waals surface area (Å²) in [5.41, 5.74) is 4.25. The molecule has 0 saturated heterocycles. The zero-order valence-electron chi connectivity index (χ0n) is 7.67. The Bertz CT molecular complexity index is 371. The van der Waals surface area contributed by atoms with Gasteiger partial charge in [0, 0.05) is 11.1 Å². The van der Waals surface area contributed by atoms with Gasteiger partial charge in [-0.2, -0.15) is 0 Å². The lowest BCUT2D eigenvalue weighted by molar-refractivity contribution is 0.439. The summed E-state index contributed by atoms with van der Waals surface area (Å²) in [6, 6.07) is 0.891. The summed E-state index contributed by atoms with van der Waals surface area (Å²) >= 11 is 2.60. The summed E-state index contributed by atoms with van der Waals surface area (Å²) in [4.78, 5) is 0. The molecule has 0 radical (unpaired) electrons. The molecule has 0 spiro atoms. The highest BCUT2D eigenvalue weighted by Gasteiger charge is 2.25. The van der Waals surface area contributed by atoms with E-state index in [1.54, 1.807) is 0 Å². The molecule has 0 aliphatic carbocycles. The summed E-state index contributed by atoms with van der Waals surface area (Å²) in [7, 11) is 0. The Balaban J connectivity index is 3.49. The molecule has 0 unspecified atom stereocenters. The average molecular weight is 268 g/mol. The van der Waals surface area contributed by atoms with Crippen molar-refractivity contribution in [1.29, 1.82) is 0 Å². The predicted molar refractivity (Wildman–Crippen MR) is 51.2 cm³/mol. The third-order valence-corrected chi connectivity index (χ3v) is 2.52. The van der Waals surface area contributed by atoms with E-state index in [1.165, 1.54) is 13.8 Å². The van der Waals surface area contributed by atoms with Crippen LogP contribution < -0.4 is 5.73 Å². The second-order valence-corrected chi connectivity index (χ2v) is 4.36. The third kappa shape index (κ3) is 1.93. The van der Waals surface area contributed by atoms with Crippen LogP contribution in [0.25, 0.3) is 0 Å². The quantitative estimate of drug-likeness (QED) is 0.614. The molecule has 0 aliphatic heterocycles. The summed E-state index contributed by atoms with van der Waals surface area (Å²) < 4.78 is 38.9. The van der Waals surface area contributed by atoms with E-state index >= 15 is 0 Å². The van der Waals surface area contributed by atoms with Gasteiger partial charge in [0.05, 0.1) is 4.47 Å². The van der Waals surface area contributed by atoms with E-state index in [4.69, 9.17) is 5.73 Å². The molecule has 78 valence electrons. The number of nitrogens with two attached hydrogens (primary N) is 1. The Labute approximate surface area is 88.2 Å². The minimum Gasteiger partial charge on any atom is -0.322 e. The lowest BCUT2D eigenvalue weighted by Gasteiger charge is -2.20. The molecular weight excluding hydrogens is 259 g/mol. The SMILES string of the molecule is CC(C)(N)c1cc(F)c(Br)c(F)c1F. The van der Waals surface area contributed by atoms with E-state index in [-0.39, 0.29) is 5.56 Å². The van der Waals surface area contributed by atoms with Gasteiger partial charge in [0.1, 0.15) is 5.82 Å². The van der Waals surface area contributed by atoms with Crippen molar-refractivity contribution in [3.05, 3.63) is 33.6 Å². The smallest absolute Gasteiger partial charge is 0.176 e. The fourth-order valence-corrected chi connectivity index (χ4v) is 1.33. The van der Waals surface area contributed by atoms with E-state index in [2.05, 4.69) is 15.9 Å². The molecule has 0 heterocycles. The minimum absolute atomic E-state index is 0.185. The van der Waals surface area contributed by atoms with Gasteiger partial charge in [-0.25, -0.2) is 13.2 Å². The van der Waals surface area contributed by atoms with E-state index in [0.29, 0.717) is 0 Å². The zero-order chi connectivity index (χ0) is 11.1. The van der Waals surface area contributed by atoms with Gasteiger partial charge >= 0.3 is 0 Å². The number of hydrogen-bond donors (Lipinski definition) is 1. The summed E-state index contributed by atoms with van der Waals surface area (Å²) in [5.74, 6) is -3.23. The van der Waals surface area contributed by atoms with Crippen molar-refractivity contribution in [2.45, 2.75) is 19.4 Å². The van der Waals surface area contributed by atoms with Gasteiger partial charge in [-0.05, 0) is 35.8 Å². The highest BCUT2D eigenvalue weighted by Crippen LogP contribution is 2.29. The highest BCUT2D eigenvalue weighted by atomic mass is 79.9. The van der Waals surface area contributed by atoms with Crippen LogP contribution in [0, 0.1) is 17.5 Å². The molecule has 0 aliphatic rings. The summed E-state index contributed by atoms with van der Waals surface area (Å²) in [5, 5.41) is 0. The van der Waals surface area contributed by atoms with Crippen LogP contribution in [0.1, 0.15) is 19.4 Å². The van der Waals surface area contributed by atoms with Crippen molar-refractivity contribution in [3.8, 4) is 0 Å². The lowest BCUT2D eigenvalue weighted by Crippen LogP contribution is -2.30. The van der Waals surface area contributed by atoms with Gasteiger partial charge in [-0.1, -0.05) is 0 Å². The van der Waals surface area contributed by atoms with Gasteiger partial charge in [-0.3, -0.25) is 0 Å². The molecule has 1 rings (SSSR count). The lowest BCUT2D eigenvalue weighted by atomic mass is 9.95. The third-order valence-electron chi connectivity index (χ3n) is 1.80. The Morgan fingerprint density at radius 2 is 1.71 bits per heavy atom. The van der Waals surface area contributed by atoms with Crippen LogP contribution in [0.2, 0.25) is 0 Å². The van der Waals surface area contributed by atoms with Crippen molar-refractivity contribution in [1.82, 2.24) is 0 Å². The van der Waals surface area contributed by atoms with Crippen molar-refractivity contribution in [2.75, 3.05) is 0 Å². The molecule has 1 aromatic rings. The van der Waals surface area contributed by atoms with E-state index in [1.807, 2.05) is 0 Å². The zero-order valence-corrected chi connectivity index (χ0v) is 9.25. The number of rotatable bonds is 1. The molecule has 0 bridgehead atoms. The molecule has 0 fully saturated rings. The standard InChI is InChI=1S/C9H9BrF3N/c1-9(2,14)4-3-5(11)6(10)8(13)7(4)12/h3H,14H2,1-2H3. The fourth-order valence-electron chi connectivity index (χ4n) is 1.04. The van der Waals surface area contributed by atoms with Crippen molar-refractivity contribution in [3.63, 3.8) is 0 Å². The van der Waals surface area contributed by atoms with E-state index < -0.39 is 27.5 Å². The first-order valence-electron chi connectivity index (χ1n) is 3.87. The molecule has 14 heavy (non-hydrogen) atoms. The van der Waals surface area contributed by atoms with Gasteiger partial charge in [-0.15, -0.1) is 0 Å². The number of benzene rings is 1. The van der Waals surface area contributed by atoms with Crippen LogP contribution in [-0.4, -0.2) is 0 Å². The van der Waals surface area contributed by atoms with Crippen molar-refractivity contribution in [2.24, 2.45) is 5.73 Å². The second kappa shape index (κ2) is 3.55. The molecule has 0 aromatic heterocycles. The van der Waals surface area contributed by atoms with Crippen molar-refractivity contribution >= 4 is 15.9 Å². The van der Waals surface area contributed by atoms with E-state index in [9.17, 15) is 13.2 Å². The van der Waals surface area contributed by atoms with Crippen LogP contribution in [0.15, 0.2) is 10.5 Å². The Morgan fingerprint density at radius 3 is 2.14 bits per heavy atom. The van der Waals surface area contributed by atoms with Gasteiger partial charge in [0.25, 0.3) is 0 Å². The van der Waals surface area contributed by atoms with Crippen molar-refractivity contribution < 1.29 is 13.2 Å². The molecule has 2 N–H and O–H groups in total.